The summed E-state index contributed by atoms with van der Waals surface area (Å²) in [5.41, 5.74) is 2.87. The van der Waals surface area contributed by atoms with Gasteiger partial charge in [0.25, 0.3) is 5.91 Å². The molecule has 4 rings (SSSR count). The number of piperidine rings is 1. The summed E-state index contributed by atoms with van der Waals surface area (Å²) in [4.78, 5) is 19.8. The average Bonchev–Trinajstić information content (AvgIpc) is 3.13. The zero-order chi connectivity index (χ0) is 19.5. The molecule has 1 amide bonds. The van der Waals surface area contributed by atoms with Crippen molar-refractivity contribution in [2.75, 3.05) is 19.6 Å². The van der Waals surface area contributed by atoms with Gasteiger partial charge < -0.3 is 10.2 Å². The van der Waals surface area contributed by atoms with Gasteiger partial charge in [0.2, 0.25) is 0 Å². The highest BCUT2D eigenvalue weighted by Crippen LogP contribution is 2.23. The number of carbonyl (C=O) groups is 1. The van der Waals surface area contributed by atoms with E-state index >= 15 is 0 Å². The van der Waals surface area contributed by atoms with E-state index in [4.69, 9.17) is 0 Å². The van der Waals surface area contributed by atoms with E-state index in [1.165, 1.54) is 0 Å². The van der Waals surface area contributed by atoms with Crippen LogP contribution in [0, 0.1) is 6.92 Å². The Kier molecular flexibility index (Phi) is 5.34. The molecule has 0 unspecified atom stereocenters. The van der Waals surface area contributed by atoms with E-state index in [0.29, 0.717) is 5.69 Å². The Morgan fingerprint density at radius 3 is 2.82 bits per heavy atom. The molecule has 28 heavy (non-hydrogen) atoms. The molecular formula is C21H26N6O. The number of hydrogen-bond donors (Lipinski definition) is 1. The zero-order valence-electron chi connectivity index (χ0n) is 16.4. The van der Waals surface area contributed by atoms with Crippen LogP contribution >= 0.6 is 0 Å². The Hall–Kier alpha value is -2.80. The lowest BCUT2D eigenvalue weighted by molar-refractivity contribution is 0.0635. The monoisotopic (exact) mass is 378 g/mol. The van der Waals surface area contributed by atoms with Gasteiger partial charge in [-0.3, -0.25) is 9.78 Å². The molecule has 0 saturated carbocycles. The molecule has 0 bridgehead atoms. The van der Waals surface area contributed by atoms with Gasteiger partial charge in [0.1, 0.15) is 0 Å². The summed E-state index contributed by atoms with van der Waals surface area (Å²) in [5, 5.41) is 13.0. The number of rotatable bonds is 5. The quantitative estimate of drug-likeness (QED) is 0.739. The first kappa shape index (κ1) is 18.6. The number of hydrogen-bond acceptors (Lipinski definition) is 5. The minimum absolute atomic E-state index is 0.0225. The largest absolute Gasteiger partial charge is 0.334 e. The van der Waals surface area contributed by atoms with Crippen molar-refractivity contribution in [3.63, 3.8) is 0 Å². The molecule has 0 radical (unpaired) electrons. The predicted octanol–water partition coefficient (Wildman–Crippen LogP) is 2.73. The van der Waals surface area contributed by atoms with Crippen molar-refractivity contribution in [2.45, 2.75) is 39.2 Å². The second-order valence-electron chi connectivity index (χ2n) is 7.27. The summed E-state index contributed by atoms with van der Waals surface area (Å²) in [5.74, 6) is -0.0225. The van der Waals surface area contributed by atoms with E-state index < -0.39 is 0 Å². The summed E-state index contributed by atoms with van der Waals surface area (Å²) in [6, 6.07) is 10.1. The van der Waals surface area contributed by atoms with Gasteiger partial charge >= 0.3 is 0 Å². The van der Waals surface area contributed by atoms with Gasteiger partial charge in [-0.05, 0) is 51.4 Å². The summed E-state index contributed by atoms with van der Waals surface area (Å²) in [7, 11) is 0. The number of carbonyl (C=O) groups excluding carboxylic acids is 1. The van der Waals surface area contributed by atoms with Crippen molar-refractivity contribution < 1.29 is 4.79 Å². The van der Waals surface area contributed by atoms with Crippen molar-refractivity contribution >= 4 is 16.8 Å². The van der Waals surface area contributed by atoms with Crippen LogP contribution in [0.5, 0.6) is 0 Å². The maximum absolute atomic E-state index is 13.3. The molecule has 1 aromatic carbocycles. The SMILES string of the molecule is CCCN(C(=O)c1nnn(-c2cccc3cccnc23)c1C)C1CCNCC1. The van der Waals surface area contributed by atoms with Crippen LogP contribution in [0.25, 0.3) is 16.6 Å². The number of pyridine rings is 1. The van der Waals surface area contributed by atoms with E-state index in [-0.39, 0.29) is 11.9 Å². The van der Waals surface area contributed by atoms with Gasteiger partial charge in [-0.25, -0.2) is 4.68 Å². The van der Waals surface area contributed by atoms with Crippen LogP contribution in [0.1, 0.15) is 42.4 Å². The molecule has 2 aromatic heterocycles. The molecule has 7 heteroatoms. The molecule has 1 saturated heterocycles. The summed E-state index contributed by atoms with van der Waals surface area (Å²) < 4.78 is 1.73. The van der Waals surface area contributed by atoms with E-state index in [1.54, 1.807) is 10.9 Å². The van der Waals surface area contributed by atoms with Crippen LogP contribution in [0.15, 0.2) is 36.5 Å². The van der Waals surface area contributed by atoms with Crippen molar-refractivity contribution in [1.29, 1.82) is 0 Å². The highest BCUT2D eigenvalue weighted by atomic mass is 16.2. The summed E-state index contributed by atoms with van der Waals surface area (Å²) >= 11 is 0. The Balaban J connectivity index is 1.70. The molecular weight excluding hydrogens is 352 g/mol. The third-order valence-electron chi connectivity index (χ3n) is 5.41. The Morgan fingerprint density at radius 2 is 2.04 bits per heavy atom. The van der Waals surface area contributed by atoms with Gasteiger partial charge in [0.05, 0.1) is 16.9 Å². The standard InChI is InChI=1S/C21H26N6O/c1-3-14-26(17-9-12-22-13-10-17)21(28)19-15(2)27(25-24-19)18-8-4-6-16-7-5-11-23-20(16)18/h4-8,11,17,22H,3,9-10,12-14H2,1-2H3. The number of fused-ring (bicyclic) bond motifs is 1. The maximum atomic E-state index is 13.3. The highest BCUT2D eigenvalue weighted by molar-refractivity contribution is 5.94. The number of nitrogens with zero attached hydrogens (tertiary/aromatic N) is 5. The lowest BCUT2D eigenvalue weighted by atomic mass is 10.0. The zero-order valence-corrected chi connectivity index (χ0v) is 16.4. The molecule has 0 aliphatic carbocycles. The lowest BCUT2D eigenvalue weighted by Gasteiger charge is -2.34. The number of para-hydroxylation sites is 1. The van der Waals surface area contributed by atoms with Crippen LogP contribution < -0.4 is 5.32 Å². The van der Waals surface area contributed by atoms with E-state index in [1.807, 2.05) is 42.2 Å². The summed E-state index contributed by atoms with van der Waals surface area (Å²) in [6.45, 7) is 6.65. The fraction of sp³-hybridized carbons (Fsp3) is 0.429. The molecule has 1 fully saturated rings. The van der Waals surface area contributed by atoms with E-state index in [9.17, 15) is 4.79 Å². The fourth-order valence-corrected chi connectivity index (χ4v) is 3.96. The molecule has 3 heterocycles. The Labute approximate surface area is 164 Å². The van der Waals surface area contributed by atoms with Crippen molar-refractivity contribution in [3.8, 4) is 5.69 Å². The van der Waals surface area contributed by atoms with Crippen LogP contribution in [0.2, 0.25) is 0 Å². The molecule has 7 nitrogen and oxygen atoms in total. The van der Waals surface area contributed by atoms with Crippen LogP contribution in [0.4, 0.5) is 0 Å². The molecule has 1 N–H and O–H groups in total. The lowest BCUT2D eigenvalue weighted by Crippen LogP contribution is -2.46. The summed E-state index contributed by atoms with van der Waals surface area (Å²) in [6.07, 6.45) is 4.65. The van der Waals surface area contributed by atoms with E-state index in [0.717, 1.165) is 61.2 Å². The maximum Gasteiger partial charge on any atom is 0.276 e. The topological polar surface area (TPSA) is 75.9 Å². The minimum Gasteiger partial charge on any atom is -0.334 e. The molecule has 1 aliphatic rings. The first-order valence-corrected chi connectivity index (χ1v) is 9.98. The van der Waals surface area contributed by atoms with E-state index in [2.05, 4.69) is 27.5 Å². The van der Waals surface area contributed by atoms with Gasteiger partial charge in [-0.15, -0.1) is 5.10 Å². The first-order valence-electron chi connectivity index (χ1n) is 9.98. The smallest absolute Gasteiger partial charge is 0.276 e. The molecule has 3 aromatic rings. The van der Waals surface area contributed by atoms with Crippen LogP contribution in [-0.4, -0.2) is 56.5 Å². The van der Waals surface area contributed by atoms with Gasteiger partial charge in [-0.1, -0.05) is 30.3 Å². The normalized spacial score (nSPS) is 15.1. The second-order valence-corrected chi connectivity index (χ2v) is 7.27. The van der Waals surface area contributed by atoms with Gasteiger partial charge in [0.15, 0.2) is 5.69 Å². The Bertz CT molecular complexity index is 971. The molecule has 1 aliphatic heterocycles. The van der Waals surface area contributed by atoms with Crippen molar-refractivity contribution in [3.05, 3.63) is 47.9 Å². The molecule has 0 spiro atoms. The van der Waals surface area contributed by atoms with Crippen LogP contribution in [0.3, 0.4) is 0 Å². The fourth-order valence-electron chi connectivity index (χ4n) is 3.96. The average molecular weight is 378 g/mol. The molecule has 146 valence electrons. The highest BCUT2D eigenvalue weighted by Gasteiger charge is 2.29. The molecule has 0 atom stereocenters. The minimum atomic E-state index is -0.0225. The first-order chi connectivity index (χ1) is 13.7. The Morgan fingerprint density at radius 1 is 1.25 bits per heavy atom. The van der Waals surface area contributed by atoms with Gasteiger partial charge in [0, 0.05) is 24.2 Å². The third-order valence-corrected chi connectivity index (χ3v) is 5.41. The number of aromatic nitrogens is 4. The number of amides is 1. The number of benzene rings is 1. The number of nitrogens with one attached hydrogen (secondary N) is 1. The van der Waals surface area contributed by atoms with Crippen molar-refractivity contribution in [1.82, 2.24) is 30.2 Å². The van der Waals surface area contributed by atoms with Gasteiger partial charge in [-0.2, -0.15) is 0 Å². The predicted molar refractivity (Wildman–Crippen MR) is 109 cm³/mol. The van der Waals surface area contributed by atoms with Crippen LogP contribution in [-0.2, 0) is 0 Å². The third kappa shape index (κ3) is 3.38. The second kappa shape index (κ2) is 8.06. The van der Waals surface area contributed by atoms with Crippen molar-refractivity contribution in [2.24, 2.45) is 0 Å².